The molecule has 2 aromatic heterocycles. The molecular weight excluding hydrogens is 284 g/mol. The van der Waals surface area contributed by atoms with Crippen LogP contribution in [0, 0.1) is 0 Å². The average Bonchev–Trinajstić information content (AvgIpc) is 2.80. The molecule has 6 nitrogen and oxygen atoms in total. The highest BCUT2D eigenvalue weighted by Crippen LogP contribution is 2.25. The first-order chi connectivity index (χ1) is 9.93. The number of aryl methyl sites for hydroxylation is 2. The van der Waals surface area contributed by atoms with Crippen molar-refractivity contribution in [2.24, 2.45) is 0 Å². The van der Waals surface area contributed by atoms with Crippen LogP contribution in [-0.2, 0) is 17.9 Å². The number of rotatable bonds is 6. The van der Waals surface area contributed by atoms with E-state index in [1.807, 2.05) is 6.92 Å². The molecule has 0 aliphatic carbocycles. The van der Waals surface area contributed by atoms with Crippen LogP contribution in [0.3, 0.4) is 0 Å². The topological polar surface area (TPSA) is 77.1 Å². The molecule has 0 aliphatic heterocycles. The van der Waals surface area contributed by atoms with Gasteiger partial charge in [0, 0.05) is 36.3 Å². The van der Waals surface area contributed by atoms with E-state index in [0.717, 1.165) is 17.1 Å². The zero-order valence-corrected chi connectivity index (χ0v) is 11.4. The molecule has 2 aromatic rings. The maximum absolute atomic E-state index is 13.0. The summed E-state index contributed by atoms with van der Waals surface area (Å²) in [5.74, 6) is -1.07. The number of pyridine rings is 1. The molecule has 0 radical (unpaired) electrons. The van der Waals surface area contributed by atoms with Crippen LogP contribution in [-0.4, -0.2) is 25.4 Å². The number of carboxylic acids is 1. The molecule has 0 amide bonds. The smallest absolute Gasteiger partial charge is 0.305 e. The van der Waals surface area contributed by atoms with E-state index in [2.05, 4.69) is 5.10 Å². The van der Waals surface area contributed by atoms with Crippen molar-refractivity contribution < 1.29 is 18.7 Å². The lowest BCUT2D eigenvalue weighted by Gasteiger charge is -2.07. The minimum atomic E-state index is -2.78. The first-order valence-electron chi connectivity index (χ1n) is 6.55. The highest BCUT2D eigenvalue weighted by Gasteiger charge is 2.19. The molecule has 114 valence electrons. The summed E-state index contributed by atoms with van der Waals surface area (Å²) in [7, 11) is 0. The maximum Gasteiger partial charge on any atom is 0.305 e. The quantitative estimate of drug-likeness (QED) is 0.885. The Bertz CT molecular complexity index is 721. The summed E-state index contributed by atoms with van der Waals surface area (Å²) in [6.45, 7) is 2.35. The molecule has 0 bridgehead atoms. The average molecular weight is 299 g/mol. The van der Waals surface area contributed by atoms with E-state index in [1.54, 1.807) is 0 Å². The van der Waals surface area contributed by atoms with Crippen molar-refractivity contribution in [1.82, 2.24) is 14.3 Å². The summed E-state index contributed by atoms with van der Waals surface area (Å²) < 4.78 is 28.7. The standard InChI is InChI=1S/C13H15F2N3O3/c1-2-4-17-7-9-8(12(14)15)6-10(19)18(13(9)16-17)5-3-11(20)21/h6-7,12H,2-5H2,1H3,(H,20,21). The van der Waals surface area contributed by atoms with Gasteiger partial charge in [-0.15, -0.1) is 0 Å². The fraction of sp³-hybridized carbons (Fsp3) is 0.462. The molecule has 0 atom stereocenters. The van der Waals surface area contributed by atoms with Crippen LogP contribution >= 0.6 is 0 Å². The van der Waals surface area contributed by atoms with E-state index >= 15 is 0 Å². The SMILES string of the molecule is CCCn1cc2c(C(F)F)cc(=O)n(CCC(=O)O)c2n1. The van der Waals surface area contributed by atoms with Crippen molar-refractivity contribution in [1.29, 1.82) is 0 Å². The van der Waals surface area contributed by atoms with E-state index < -0.39 is 18.0 Å². The first kappa shape index (κ1) is 15.1. The Labute approximate surface area is 118 Å². The third-order valence-electron chi connectivity index (χ3n) is 3.09. The predicted octanol–water partition coefficient (Wildman–Crippen LogP) is 2.02. The van der Waals surface area contributed by atoms with Crippen LogP contribution in [0.4, 0.5) is 8.78 Å². The van der Waals surface area contributed by atoms with Gasteiger partial charge in [0.2, 0.25) is 0 Å². The van der Waals surface area contributed by atoms with Crippen molar-refractivity contribution >= 4 is 17.0 Å². The van der Waals surface area contributed by atoms with Crippen molar-refractivity contribution in [2.45, 2.75) is 39.3 Å². The second-order valence-corrected chi connectivity index (χ2v) is 4.66. The predicted molar refractivity (Wildman–Crippen MR) is 71.5 cm³/mol. The van der Waals surface area contributed by atoms with E-state index in [-0.39, 0.29) is 29.6 Å². The largest absolute Gasteiger partial charge is 0.481 e. The lowest BCUT2D eigenvalue weighted by atomic mass is 10.2. The normalized spacial score (nSPS) is 11.4. The van der Waals surface area contributed by atoms with Crippen LogP contribution in [0.25, 0.3) is 11.0 Å². The number of nitrogens with zero attached hydrogens (tertiary/aromatic N) is 3. The Balaban J connectivity index is 2.62. The van der Waals surface area contributed by atoms with Gasteiger partial charge in [-0.25, -0.2) is 8.78 Å². The number of aliphatic carboxylic acids is 1. The van der Waals surface area contributed by atoms with Crippen LogP contribution in [0.2, 0.25) is 0 Å². The zero-order valence-electron chi connectivity index (χ0n) is 11.4. The van der Waals surface area contributed by atoms with Crippen LogP contribution < -0.4 is 5.56 Å². The van der Waals surface area contributed by atoms with Gasteiger partial charge in [0.1, 0.15) is 0 Å². The van der Waals surface area contributed by atoms with Crippen molar-refractivity contribution in [2.75, 3.05) is 0 Å². The Hall–Kier alpha value is -2.25. The highest BCUT2D eigenvalue weighted by molar-refractivity contribution is 5.79. The number of halogens is 2. The monoisotopic (exact) mass is 299 g/mol. The Kier molecular flexibility index (Phi) is 4.35. The Morgan fingerprint density at radius 3 is 2.71 bits per heavy atom. The lowest BCUT2D eigenvalue weighted by molar-refractivity contribution is -0.137. The molecule has 0 fully saturated rings. The maximum atomic E-state index is 13.0. The Morgan fingerprint density at radius 2 is 2.14 bits per heavy atom. The van der Waals surface area contributed by atoms with Gasteiger partial charge < -0.3 is 5.11 Å². The first-order valence-corrected chi connectivity index (χ1v) is 6.55. The van der Waals surface area contributed by atoms with E-state index in [0.29, 0.717) is 6.54 Å². The molecule has 0 aliphatic rings. The fourth-order valence-electron chi connectivity index (χ4n) is 2.15. The molecular formula is C13H15F2N3O3. The van der Waals surface area contributed by atoms with Crippen molar-refractivity contribution in [3.05, 3.63) is 28.2 Å². The minimum Gasteiger partial charge on any atom is -0.481 e. The summed E-state index contributed by atoms with van der Waals surface area (Å²) in [5.41, 5.74) is -0.933. The van der Waals surface area contributed by atoms with Gasteiger partial charge in [-0.2, -0.15) is 5.10 Å². The van der Waals surface area contributed by atoms with Gasteiger partial charge in [0.15, 0.2) is 5.65 Å². The number of hydrogen-bond acceptors (Lipinski definition) is 3. The van der Waals surface area contributed by atoms with Gasteiger partial charge in [0.05, 0.1) is 6.42 Å². The second-order valence-electron chi connectivity index (χ2n) is 4.66. The fourth-order valence-corrected chi connectivity index (χ4v) is 2.15. The third kappa shape index (κ3) is 3.09. The van der Waals surface area contributed by atoms with Crippen LogP contribution in [0.1, 0.15) is 31.8 Å². The summed E-state index contributed by atoms with van der Waals surface area (Å²) in [4.78, 5) is 22.6. The van der Waals surface area contributed by atoms with Crippen LogP contribution in [0.15, 0.2) is 17.1 Å². The summed E-state index contributed by atoms with van der Waals surface area (Å²) in [5, 5.41) is 13.0. The number of aromatic nitrogens is 3. The molecule has 2 heterocycles. The molecule has 0 saturated carbocycles. The van der Waals surface area contributed by atoms with E-state index in [1.165, 1.54) is 10.9 Å². The molecule has 0 aromatic carbocycles. The molecule has 8 heteroatoms. The molecule has 0 unspecified atom stereocenters. The van der Waals surface area contributed by atoms with Gasteiger partial charge in [-0.3, -0.25) is 18.8 Å². The van der Waals surface area contributed by atoms with Gasteiger partial charge in [-0.05, 0) is 6.42 Å². The molecule has 2 rings (SSSR count). The van der Waals surface area contributed by atoms with E-state index in [9.17, 15) is 18.4 Å². The van der Waals surface area contributed by atoms with Gasteiger partial charge in [0.25, 0.3) is 12.0 Å². The van der Waals surface area contributed by atoms with Crippen LogP contribution in [0.5, 0.6) is 0 Å². The number of hydrogen-bond donors (Lipinski definition) is 1. The van der Waals surface area contributed by atoms with Crippen molar-refractivity contribution in [3.8, 4) is 0 Å². The lowest BCUT2D eigenvalue weighted by Crippen LogP contribution is -2.22. The Morgan fingerprint density at radius 1 is 1.43 bits per heavy atom. The number of alkyl halides is 2. The van der Waals surface area contributed by atoms with Crippen molar-refractivity contribution in [3.63, 3.8) is 0 Å². The summed E-state index contributed by atoms with van der Waals surface area (Å²) in [6, 6.07) is 0.854. The molecule has 0 saturated heterocycles. The van der Waals surface area contributed by atoms with Gasteiger partial charge in [-0.1, -0.05) is 6.92 Å². The molecule has 21 heavy (non-hydrogen) atoms. The summed E-state index contributed by atoms with van der Waals surface area (Å²) >= 11 is 0. The second kappa shape index (κ2) is 6.02. The highest BCUT2D eigenvalue weighted by atomic mass is 19.3. The number of fused-ring (bicyclic) bond motifs is 1. The molecule has 1 N–H and O–H groups in total. The number of carbonyl (C=O) groups is 1. The third-order valence-corrected chi connectivity index (χ3v) is 3.09. The minimum absolute atomic E-state index is 0.0999. The van der Waals surface area contributed by atoms with E-state index in [4.69, 9.17) is 5.11 Å². The summed E-state index contributed by atoms with van der Waals surface area (Å²) in [6.07, 6.45) is -0.827. The molecule has 0 spiro atoms. The number of carboxylic acid groups (broad SMARTS) is 1. The zero-order chi connectivity index (χ0) is 15.6. The van der Waals surface area contributed by atoms with Gasteiger partial charge >= 0.3 is 5.97 Å².